The summed E-state index contributed by atoms with van der Waals surface area (Å²) in [6, 6.07) is 8.36. The number of carbonyl (C=O) groups excluding carboxylic acids is 1. The van der Waals surface area contributed by atoms with Crippen molar-refractivity contribution in [2.75, 3.05) is 11.1 Å². The Morgan fingerprint density at radius 2 is 2.15 bits per heavy atom. The Morgan fingerprint density at radius 3 is 2.89 bits per heavy atom. The van der Waals surface area contributed by atoms with Crippen LogP contribution in [0.4, 0.5) is 10.8 Å². The molecule has 144 valence electrons. The van der Waals surface area contributed by atoms with E-state index in [1.165, 1.54) is 48.8 Å². The third-order valence-electron chi connectivity index (χ3n) is 5.94. The molecule has 0 radical (unpaired) electrons. The molecule has 1 aromatic heterocycles. The third-order valence-corrected chi connectivity index (χ3v) is 7.92. The van der Waals surface area contributed by atoms with Crippen molar-refractivity contribution in [2.24, 2.45) is 17.8 Å². The Hall–Kier alpha value is -1.60. The molecule has 0 aliphatic heterocycles. The molecular formula is C20H26N4OS2. The molecule has 0 saturated heterocycles. The van der Waals surface area contributed by atoms with Gasteiger partial charge in [0.2, 0.25) is 11.0 Å². The first-order valence-corrected chi connectivity index (χ1v) is 11.5. The van der Waals surface area contributed by atoms with Gasteiger partial charge in [-0.2, -0.15) is 0 Å². The van der Waals surface area contributed by atoms with Gasteiger partial charge in [-0.05, 0) is 62.5 Å². The van der Waals surface area contributed by atoms with Gasteiger partial charge in [0.05, 0.1) is 5.75 Å². The van der Waals surface area contributed by atoms with E-state index in [0.29, 0.717) is 11.7 Å². The van der Waals surface area contributed by atoms with Gasteiger partial charge in [0, 0.05) is 11.7 Å². The first-order valence-electron chi connectivity index (χ1n) is 9.67. The van der Waals surface area contributed by atoms with Gasteiger partial charge in [-0.1, -0.05) is 47.7 Å². The van der Waals surface area contributed by atoms with E-state index in [2.05, 4.69) is 40.7 Å². The molecule has 0 spiro atoms. The maximum atomic E-state index is 12.3. The van der Waals surface area contributed by atoms with Gasteiger partial charge < -0.3 is 10.6 Å². The summed E-state index contributed by atoms with van der Waals surface area (Å²) in [6.07, 6.45) is 5.42. The molecular weight excluding hydrogens is 376 g/mol. The summed E-state index contributed by atoms with van der Waals surface area (Å²) in [4.78, 5) is 12.3. The number of nitrogens with zero attached hydrogens (tertiary/aromatic N) is 2. The number of benzene rings is 1. The molecule has 1 amide bonds. The second-order valence-corrected chi connectivity index (χ2v) is 10.00. The van der Waals surface area contributed by atoms with Crippen LogP contribution in [0.1, 0.15) is 38.2 Å². The summed E-state index contributed by atoms with van der Waals surface area (Å²) in [5.41, 5.74) is 2.19. The van der Waals surface area contributed by atoms with E-state index in [-0.39, 0.29) is 11.9 Å². The van der Waals surface area contributed by atoms with E-state index in [1.54, 1.807) is 0 Å². The minimum atomic E-state index is 0.0962. The largest absolute Gasteiger partial charge is 0.353 e. The zero-order valence-corrected chi connectivity index (χ0v) is 17.4. The molecule has 2 fully saturated rings. The molecule has 2 N–H and O–H groups in total. The van der Waals surface area contributed by atoms with E-state index in [1.807, 2.05) is 18.2 Å². The van der Waals surface area contributed by atoms with Gasteiger partial charge >= 0.3 is 0 Å². The number of aromatic nitrogens is 2. The molecule has 4 rings (SSSR count). The smallest absolute Gasteiger partial charge is 0.230 e. The normalized spacial score (nSPS) is 24.7. The lowest BCUT2D eigenvalue weighted by atomic mass is 9.84. The van der Waals surface area contributed by atoms with Crippen molar-refractivity contribution >= 4 is 39.8 Å². The first-order chi connectivity index (χ1) is 13.1. The average molecular weight is 403 g/mol. The lowest BCUT2D eigenvalue weighted by Gasteiger charge is -2.28. The highest BCUT2D eigenvalue weighted by atomic mass is 32.2. The van der Waals surface area contributed by atoms with Crippen LogP contribution in [0, 0.1) is 24.7 Å². The Labute approximate surface area is 168 Å². The maximum absolute atomic E-state index is 12.3. The Bertz CT molecular complexity index is 809. The number of thioether (sulfide) groups is 1. The summed E-state index contributed by atoms with van der Waals surface area (Å²) in [7, 11) is 0. The van der Waals surface area contributed by atoms with Crippen LogP contribution in [0.15, 0.2) is 28.6 Å². The molecule has 1 heterocycles. The fraction of sp³-hybridized carbons (Fsp3) is 0.550. The SMILES string of the molecule is Cc1ccccc1Nc1nnc(SCC(=O)N[C@@H](C)[C@H]2C[C@H]3CC[C@H]2C3)s1. The summed E-state index contributed by atoms with van der Waals surface area (Å²) >= 11 is 2.94. The predicted molar refractivity (Wildman–Crippen MR) is 112 cm³/mol. The third kappa shape index (κ3) is 4.46. The molecule has 2 aliphatic carbocycles. The van der Waals surface area contributed by atoms with Crippen LogP contribution in [0.5, 0.6) is 0 Å². The van der Waals surface area contributed by atoms with Gasteiger partial charge in [0.1, 0.15) is 0 Å². The standard InChI is InChI=1S/C20H26N4OS2/c1-12-5-3-4-6-17(12)22-19-23-24-20(27-19)26-11-18(25)21-13(2)16-10-14-7-8-15(16)9-14/h3-6,13-16H,7-11H2,1-2H3,(H,21,25)(H,22,23)/t13-,14-,15-,16+/m0/s1. The predicted octanol–water partition coefficient (Wildman–Crippen LogP) is 4.62. The molecule has 7 heteroatoms. The molecule has 1 aromatic carbocycles. The van der Waals surface area contributed by atoms with E-state index < -0.39 is 0 Å². The van der Waals surface area contributed by atoms with Gasteiger partial charge in [0.15, 0.2) is 4.34 Å². The van der Waals surface area contributed by atoms with Crippen molar-refractivity contribution < 1.29 is 4.79 Å². The zero-order valence-electron chi connectivity index (χ0n) is 15.8. The molecule has 2 bridgehead atoms. The number of anilines is 2. The van der Waals surface area contributed by atoms with Crippen LogP contribution in [-0.4, -0.2) is 27.9 Å². The van der Waals surface area contributed by atoms with Crippen LogP contribution in [-0.2, 0) is 4.79 Å². The van der Waals surface area contributed by atoms with Crippen LogP contribution in [0.3, 0.4) is 0 Å². The monoisotopic (exact) mass is 402 g/mol. The van der Waals surface area contributed by atoms with Crippen molar-refractivity contribution in [2.45, 2.75) is 49.9 Å². The number of rotatable bonds is 7. The summed E-state index contributed by atoms with van der Waals surface area (Å²) in [5, 5.41) is 15.6. The number of fused-ring (bicyclic) bond motifs is 2. The molecule has 2 aromatic rings. The number of nitrogens with one attached hydrogen (secondary N) is 2. The van der Waals surface area contributed by atoms with Gasteiger partial charge in [-0.3, -0.25) is 4.79 Å². The van der Waals surface area contributed by atoms with Crippen molar-refractivity contribution in [3.05, 3.63) is 29.8 Å². The number of amides is 1. The maximum Gasteiger partial charge on any atom is 0.230 e. The number of aryl methyl sites for hydroxylation is 1. The Kier molecular flexibility index (Phi) is 5.68. The number of carbonyl (C=O) groups is 1. The van der Waals surface area contributed by atoms with Gasteiger partial charge in [-0.25, -0.2) is 0 Å². The fourth-order valence-electron chi connectivity index (χ4n) is 4.58. The second kappa shape index (κ2) is 8.19. The average Bonchev–Trinajstić information content (AvgIpc) is 3.39. The molecule has 0 unspecified atom stereocenters. The van der Waals surface area contributed by atoms with Crippen LogP contribution in [0.2, 0.25) is 0 Å². The van der Waals surface area contributed by atoms with Crippen LogP contribution >= 0.6 is 23.1 Å². The quantitative estimate of drug-likeness (QED) is 0.661. The van der Waals surface area contributed by atoms with Crippen molar-refractivity contribution in [1.82, 2.24) is 15.5 Å². The minimum absolute atomic E-state index is 0.0962. The van der Waals surface area contributed by atoms with Crippen molar-refractivity contribution in [3.63, 3.8) is 0 Å². The molecule has 4 atom stereocenters. The summed E-state index contributed by atoms with van der Waals surface area (Å²) in [5.74, 6) is 2.90. The lowest BCUT2D eigenvalue weighted by molar-refractivity contribution is -0.119. The highest BCUT2D eigenvalue weighted by molar-refractivity contribution is 8.01. The van der Waals surface area contributed by atoms with Crippen molar-refractivity contribution in [3.8, 4) is 0 Å². The molecule has 5 nitrogen and oxygen atoms in total. The second-order valence-electron chi connectivity index (χ2n) is 7.80. The van der Waals surface area contributed by atoms with Crippen LogP contribution in [0.25, 0.3) is 0 Å². The van der Waals surface area contributed by atoms with Gasteiger partial charge in [-0.15, -0.1) is 10.2 Å². The zero-order chi connectivity index (χ0) is 18.8. The number of hydrogen-bond acceptors (Lipinski definition) is 6. The first kappa shape index (κ1) is 18.7. The molecule has 2 saturated carbocycles. The Morgan fingerprint density at radius 1 is 1.30 bits per heavy atom. The van der Waals surface area contributed by atoms with E-state index in [9.17, 15) is 4.79 Å². The minimum Gasteiger partial charge on any atom is -0.353 e. The van der Waals surface area contributed by atoms with Gasteiger partial charge in [0.25, 0.3) is 0 Å². The topological polar surface area (TPSA) is 66.9 Å². The fourth-order valence-corrected chi connectivity index (χ4v) is 6.16. The van der Waals surface area contributed by atoms with E-state index in [0.717, 1.165) is 32.6 Å². The highest BCUT2D eigenvalue weighted by Gasteiger charge is 2.42. The van der Waals surface area contributed by atoms with E-state index >= 15 is 0 Å². The van der Waals surface area contributed by atoms with E-state index in [4.69, 9.17) is 0 Å². The number of para-hydroxylation sites is 1. The highest BCUT2D eigenvalue weighted by Crippen LogP contribution is 2.49. The number of hydrogen-bond donors (Lipinski definition) is 2. The molecule has 2 aliphatic rings. The Balaban J connectivity index is 1.25. The summed E-state index contributed by atoms with van der Waals surface area (Å²) < 4.78 is 0.814. The van der Waals surface area contributed by atoms with Crippen molar-refractivity contribution in [1.29, 1.82) is 0 Å². The van der Waals surface area contributed by atoms with Crippen LogP contribution < -0.4 is 10.6 Å². The molecule has 27 heavy (non-hydrogen) atoms. The summed E-state index contributed by atoms with van der Waals surface area (Å²) in [6.45, 7) is 4.23. The lowest BCUT2D eigenvalue weighted by Crippen LogP contribution is -2.40.